The first-order chi connectivity index (χ1) is 11.0. The third-order valence-corrected chi connectivity index (χ3v) is 4.32. The zero-order chi connectivity index (χ0) is 16.4. The summed E-state index contributed by atoms with van der Waals surface area (Å²) in [6.07, 6.45) is 1.90. The van der Waals surface area contributed by atoms with Gasteiger partial charge in [0.25, 0.3) is 5.91 Å². The number of benzene rings is 1. The molecule has 5 nitrogen and oxygen atoms in total. The maximum Gasteiger partial charge on any atom is 0.292 e. The fourth-order valence-electron chi connectivity index (χ4n) is 2.90. The summed E-state index contributed by atoms with van der Waals surface area (Å²) in [7, 11) is 4.12. The molecule has 0 bridgehead atoms. The number of aromatic nitrogens is 1. The molecule has 122 valence electrons. The maximum atomic E-state index is 13.3. The third kappa shape index (κ3) is 3.42. The Balaban J connectivity index is 1.70. The molecule has 1 saturated heterocycles. The number of hydrogen-bond donors (Lipinski definition) is 0. The van der Waals surface area contributed by atoms with E-state index in [1.807, 2.05) is 0 Å². The standard InChI is InChI=1S/C17H20FN3O2/c1-20(2)14-6-8-21(9-7-14)17(22)16-11-15(19-23-16)12-4-3-5-13(18)10-12/h3-5,10-11,14H,6-9H2,1-2H3. The molecule has 1 amide bonds. The van der Waals surface area contributed by atoms with Crippen molar-refractivity contribution in [3.63, 3.8) is 0 Å². The van der Waals surface area contributed by atoms with E-state index in [0.717, 1.165) is 12.8 Å². The fourth-order valence-corrected chi connectivity index (χ4v) is 2.90. The quantitative estimate of drug-likeness (QED) is 0.873. The van der Waals surface area contributed by atoms with Crippen LogP contribution in [0.15, 0.2) is 34.9 Å². The molecule has 0 saturated carbocycles. The van der Waals surface area contributed by atoms with Gasteiger partial charge in [0, 0.05) is 30.8 Å². The Morgan fingerprint density at radius 1 is 1.30 bits per heavy atom. The molecule has 6 heteroatoms. The lowest BCUT2D eigenvalue weighted by Gasteiger charge is -2.34. The van der Waals surface area contributed by atoms with E-state index < -0.39 is 0 Å². The first-order valence-corrected chi connectivity index (χ1v) is 7.73. The molecule has 0 N–H and O–H groups in total. The van der Waals surface area contributed by atoms with Crippen LogP contribution < -0.4 is 0 Å². The number of likely N-dealkylation sites (tertiary alicyclic amines) is 1. The van der Waals surface area contributed by atoms with E-state index in [1.54, 1.807) is 23.1 Å². The van der Waals surface area contributed by atoms with E-state index in [1.165, 1.54) is 12.1 Å². The molecule has 1 fully saturated rings. The van der Waals surface area contributed by atoms with Crippen LogP contribution in [0, 0.1) is 5.82 Å². The molecular formula is C17H20FN3O2. The molecule has 1 aliphatic rings. The van der Waals surface area contributed by atoms with Crippen molar-refractivity contribution in [2.75, 3.05) is 27.2 Å². The molecule has 0 unspecified atom stereocenters. The van der Waals surface area contributed by atoms with Crippen molar-refractivity contribution in [3.8, 4) is 11.3 Å². The highest BCUT2D eigenvalue weighted by atomic mass is 19.1. The number of carbonyl (C=O) groups is 1. The van der Waals surface area contributed by atoms with Gasteiger partial charge in [-0.05, 0) is 39.1 Å². The number of rotatable bonds is 3. The van der Waals surface area contributed by atoms with Gasteiger partial charge < -0.3 is 14.3 Å². The highest BCUT2D eigenvalue weighted by Gasteiger charge is 2.27. The Hall–Kier alpha value is -2.21. The van der Waals surface area contributed by atoms with Crippen LogP contribution in [-0.2, 0) is 0 Å². The SMILES string of the molecule is CN(C)C1CCN(C(=O)c2cc(-c3cccc(F)c3)no2)CC1. The Bertz CT molecular complexity index is 691. The average molecular weight is 317 g/mol. The minimum absolute atomic E-state index is 0.155. The number of hydrogen-bond acceptors (Lipinski definition) is 4. The maximum absolute atomic E-state index is 13.3. The molecule has 1 aromatic carbocycles. The van der Waals surface area contributed by atoms with E-state index in [-0.39, 0.29) is 17.5 Å². The van der Waals surface area contributed by atoms with E-state index in [9.17, 15) is 9.18 Å². The minimum atomic E-state index is -0.343. The van der Waals surface area contributed by atoms with E-state index in [0.29, 0.717) is 30.4 Å². The summed E-state index contributed by atoms with van der Waals surface area (Å²) >= 11 is 0. The summed E-state index contributed by atoms with van der Waals surface area (Å²) in [5.41, 5.74) is 1.06. The van der Waals surface area contributed by atoms with Gasteiger partial charge in [-0.25, -0.2) is 4.39 Å². The molecule has 0 radical (unpaired) electrons. The normalized spacial score (nSPS) is 16.1. The van der Waals surface area contributed by atoms with Gasteiger partial charge in [-0.15, -0.1) is 0 Å². The molecule has 2 aromatic rings. The average Bonchev–Trinajstić information content (AvgIpc) is 3.04. The molecule has 3 rings (SSSR count). The second kappa shape index (κ2) is 6.50. The molecule has 23 heavy (non-hydrogen) atoms. The number of amides is 1. The van der Waals surface area contributed by atoms with Crippen LogP contribution in [0.3, 0.4) is 0 Å². The number of nitrogens with zero attached hydrogens (tertiary/aromatic N) is 3. The van der Waals surface area contributed by atoms with E-state index in [4.69, 9.17) is 4.52 Å². The van der Waals surface area contributed by atoms with Gasteiger partial charge in [-0.3, -0.25) is 4.79 Å². The van der Waals surface area contributed by atoms with Gasteiger partial charge in [0.15, 0.2) is 0 Å². The van der Waals surface area contributed by atoms with Crippen LogP contribution in [-0.4, -0.2) is 54.1 Å². The zero-order valence-electron chi connectivity index (χ0n) is 13.3. The van der Waals surface area contributed by atoms with Crippen molar-refractivity contribution in [2.45, 2.75) is 18.9 Å². The van der Waals surface area contributed by atoms with Crippen molar-refractivity contribution in [3.05, 3.63) is 41.9 Å². The van der Waals surface area contributed by atoms with Gasteiger partial charge in [0.05, 0.1) is 0 Å². The van der Waals surface area contributed by atoms with Crippen molar-refractivity contribution in [2.24, 2.45) is 0 Å². The van der Waals surface area contributed by atoms with Gasteiger partial charge in [-0.2, -0.15) is 0 Å². The van der Waals surface area contributed by atoms with Crippen molar-refractivity contribution < 1.29 is 13.7 Å². The van der Waals surface area contributed by atoms with Crippen LogP contribution in [0.2, 0.25) is 0 Å². The predicted octanol–water partition coefficient (Wildman–Crippen LogP) is 2.65. The summed E-state index contributed by atoms with van der Waals surface area (Å²) < 4.78 is 18.4. The lowest BCUT2D eigenvalue weighted by Crippen LogP contribution is -2.44. The smallest absolute Gasteiger partial charge is 0.292 e. The topological polar surface area (TPSA) is 49.6 Å². The first-order valence-electron chi connectivity index (χ1n) is 7.73. The minimum Gasteiger partial charge on any atom is -0.350 e. The Morgan fingerprint density at radius 2 is 2.04 bits per heavy atom. The van der Waals surface area contributed by atoms with Gasteiger partial charge in [-0.1, -0.05) is 17.3 Å². The van der Waals surface area contributed by atoms with Gasteiger partial charge in [0.1, 0.15) is 11.5 Å². The number of halogens is 1. The number of piperidine rings is 1. The first kappa shape index (κ1) is 15.7. The number of carbonyl (C=O) groups excluding carboxylic acids is 1. The van der Waals surface area contributed by atoms with Gasteiger partial charge in [0.2, 0.25) is 5.76 Å². The molecule has 2 heterocycles. The van der Waals surface area contributed by atoms with Crippen LogP contribution in [0.5, 0.6) is 0 Å². The lowest BCUT2D eigenvalue weighted by atomic mass is 10.0. The highest BCUT2D eigenvalue weighted by Crippen LogP contribution is 2.22. The van der Waals surface area contributed by atoms with Crippen molar-refractivity contribution in [1.29, 1.82) is 0 Å². The molecule has 1 aromatic heterocycles. The van der Waals surface area contributed by atoms with Crippen LogP contribution in [0.4, 0.5) is 4.39 Å². The van der Waals surface area contributed by atoms with Crippen molar-refractivity contribution >= 4 is 5.91 Å². The Morgan fingerprint density at radius 3 is 2.70 bits per heavy atom. The summed E-state index contributed by atoms with van der Waals surface area (Å²) in [4.78, 5) is 16.5. The second-order valence-corrected chi connectivity index (χ2v) is 6.07. The fraction of sp³-hybridized carbons (Fsp3) is 0.412. The van der Waals surface area contributed by atoms with Gasteiger partial charge >= 0.3 is 0 Å². The summed E-state index contributed by atoms with van der Waals surface area (Å²) in [6, 6.07) is 8.16. The molecule has 0 atom stereocenters. The van der Waals surface area contributed by atoms with Crippen molar-refractivity contribution in [1.82, 2.24) is 15.0 Å². The monoisotopic (exact) mass is 317 g/mol. The lowest BCUT2D eigenvalue weighted by molar-refractivity contribution is 0.0623. The third-order valence-electron chi connectivity index (χ3n) is 4.32. The highest BCUT2D eigenvalue weighted by molar-refractivity contribution is 5.92. The molecule has 1 aliphatic heterocycles. The second-order valence-electron chi connectivity index (χ2n) is 6.07. The Kier molecular flexibility index (Phi) is 4.43. The molecular weight excluding hydrogens is 297 g/mol. The van der Waals surface area contributed by atoms with Crippen LogP contribution >= 0.6 is 0 Å². The molecule has 0 aliphatic carbocycles. The van der Waals surface area contributed by atoms with Crippen LogP contribution in [0.25, 0.3) is 11.3 Å². The molecule has 0 spiro atoms. The largest absolute Gasteiger partial charge is 0.350 e. The summed E-state index contributed by atoms with van der Waals surface area (Å²) in [5.74, 6) is -0.297. The summed E-state index contributed by atoms with van der Waals surface area (Å²) in [6.45, 7) is 1.41. The van der Waals surface area contributed by atoms with Crippen LogP contribution in [0.1, 0.15) is 23.4 Å². The predicted molar refractivity (Wildman–Crippen MR) is 84.5 cm³/mol. The van der Waals surface area contributed by atoms with E-state index in [2.05, 4.69) is 24.2 Å². The zero-order valence-corrected chi connectivity index (χ0v) is 13.3. The van der Waals surface area contributed by atoms with E-state index >= 15 is 0 Å². The summed E-state index contributed by atoms with van der Waals surface area (Å²) in [5, 5.41) is 3.89. The Labute approximate surface area is 134 Å².